The molecule has 0 amide bonds. The molecule has 0 radical (unpaired) electrons. The zero-order chi connectivity index (χ0) is 15.9. The molecule has 1 unspecified atom stereocenters. The van der Waals surface area contributed by atoms with Crippen LogP contribution < -0.4 is 4.74 Å². The first kappa shape index (κ1) is 15.1. The lowest BCUT2D eigenvalue weighted by Crippen LogP contribution is -2.24. The summed E-state index contributed by atoms with van der Waals surface area (Å²) in [6, 6.07) is 12.2. The molecule has 2 rings (SSSR count). The average Bonchev–Trinajstić information content (AvgIpc) is 2.95. The van der Waals surface area contributed by atoms with Crippen molar-refractivity contribution in [1.29, 1.82) is 15.8 Å². The molecule has 1 N–H and O–H groups in total. The molecule has 1 heterocycles. The molecule has 0 aliphatic carbocycles. The van der Waals surface area contributed by atoms with Gasteiger partial charge in [-0.3, -0.25) is 0 Å². The quantitative estimate of drug-likeness (QED) is 0.876. The van der Waals surface area contributed by atoms with Crippen LogP contribution in [0.5, 0.6) is 5.75 Å². The number of aliphatic hydroxyl groups is 1. The highest BCUT2D eigenvalue weighted by atomic mass is 16.5. The first-order chi connectivity index (χ1) is 10.7. The number of hydrogen-bond donors (Lipinski definition) is 1. The summed E-state index contributed by atoms with van der Waals surface area (Å²) in [6.45, 7) is 0.102. The number of imidazole rings is 1. The second kappa shape index (κ2) is 6.90. The number of aliphatic hydroxyl groups excluding tert-OH is 1. The largest absolute Gasteiger partial charge is 0.491 e. The number of rotatable bonds is 5. The van der Waals surface area contributed by atoms with Crippen LogP contribution in [0.25, 0.3) is 0 Å². The first-order valence-electron chi connectivity index (χ1n) is 6.34. The van der Waals surface area contributed by atoms with Crippen LogP contribution in [0.15, 0.2) is 30.6 Å². The molecule has 22 heavy (non-hydrogen) atoms. The molecule has 0 fully saturated rings. The van der Waals surface area contributed by atoms with E-state index >= 15 is 0 Å². The minimum atomic E-state index is -0.872. The number of hydrogen-bond acceptors (Lipinski definition) is 6. The van der Waals surface area contributed by atoms with Gasteiger partial charge < -0.3 is 14.4 Å². The van der Waals surface area contributed by atoms with Crippen molar-refractivity contribution in [3.05, 3.63) is 47.5 Å². The molecule has 1 atom stereocenters. The molecule has 0 aliphatic rings. The maximum absolute atomic E-state index is 9.95. The summed E-state index contributed by atoms with van der Waals surface area (Å²) in [5.41, 5.74) is 0.664. The summed E-state index contributed by atoms with van der Waals surface area (Å²) < 4.78 is 6.81. The lowest BCUT2D eigenvalue weighted by molar-refractivity contribution is 0.0922. The smallest absolute Gasteiger partial charge is 0.176 e. The molecule has 0 saturated carbocycles. The van der Waals surface area contributed by atoms with Gasteiger partial charge in [0.1, 0.15) is 30.6 Å². The Morgan fingerprint density at radius 2 is 1.86 bits per heavy atom. The van der Waals surface area contributed by atoms with E-state index in [1.54, 1.807) is 24.3 Å². The molecule has 2 aromatic rings. The molecule has 0 spiro atoms. The zero-order valence-corrected chi connectivity index (χ0v) is 11.5. The first-order valence-corrected chi connectivity index (χ1v) is 6.34. The molecule has 1 aromatic heterocycles. The van der Waals surface area contributed by atoms with E-state index in [0.717, 1.165) is 0 Å². The minimum Gasteiger partial charge on any atom is -0.491 e. The molecule has 7 nitrogen and oxygen atoms in total. The third-order valence-corrected chi connectivity index (χ3v) is 2.88. The molecule has 7 heteroatoms. The lowest BCUT2D eigenvalue weighted by Gasteiger charge is -2.13. The van der Waals surface area contributed by atoms with Crippen molar-refractivity contribution in [1.82, 2.24) is 9.55 Å². The summed E-state index contributed by atoms with van der Waals surface area (Å²) in [5, 5.41) is 36.4. The fraction of sp³-hybridized carbons (Fsp3) is 0.200. The maximum atomic E-state index is 9.95. The summed E-state index contributed by atoms with van der Waals surface area (Å²) >= 11 is 0. The van der Waals surface area contributed by atoms with Gasteiger partial charge >= 0.3 is 0 Å². The third kappa shape index (κ3) is 3.40. The number of aromatic nitrogens is 2. The van der Waals surface area contributed by atoms with E-state index in [9.17, 15) is 5.11 Å². The topological polar surface area (TPSA) is 119 Å². The Balaban J connectivity index is 1.95. The number of nitriles is 3. The van der Waals surface area contributed by atoms with E-state index in [1.165, 1.54) is 10.9 Å². The fourth-order valence-corrected chi connectivity index (χ4v) is 1.82. The fourth-order valence-electron chi connectivity index (χ4n) is 1.82. The van der Waals surface area contributed by atoms with E-state index in [2.05, 4.69) is 4.98 Å². The standard InChI is InChI=1S/C15H11N5O2/c16-5-11-1-3-13(4-2-11)22-9-12(21)8-20-10-19-14(6-17)15(20)7-18/h1-4,10,12,21H,8-9H2. The number of nitrogens with zero attached hydrogens (tertiary/aromatic N) is 5. The van der Waals surface area contributed by atoms with Crippen molar-refractivity contribution in [3.8, 4) is 24.0 Å². The summed E-state index contributed by atoms with van der Waals surface area (Å²) in [6.07, 6.45) is 0.464. The SMILES string of the molecule is N#Cc1ccc(OCC(O)Cn2cnc(C#N)c2C#N)cc1. The maximum Gasteiger partial charge on any atom is 0.176 e. The number of benzene rings is 1. The Bertz CT molecular complexity index is 774. The van der Waals surface area contributed by atoms with Gasteiger partial charge in [0.25, 0.3) is 0 Å². The minimum absolute atomic E-state index is 0.0107. The van der Waals surface area contributed by atoms with E-state index in [1.807, 2.05) is 18.2 Å². The van der Waals surface area contributed by atoms with Crippen LogP contribution >= 0.6 is 0 Å². The van der Waals surface area contributed by atoms with E-state index in [0.29, 0.717) is 11.3 Å². The summed E-state index contributed by atoms with van der Waals surface area (Å²) in [5.74, 6) is 0.530. The summed E-state index contributed by atoms with van der Waals surface area (Å²) in [7, 11) is 0. The predicted molar refractivity (Wildman–Crippen MR) is 74.3 cm³/mol. The Hall–Kier alpha value is -3.34. The predicted octanol–water partition coefficient (Wildman–Crippen LogP) is 0.938. The molecule has 0 bridgehead atoms. The second-order valence-electron chi connectivity index (χ2n) is 4.42. The van der Waals surface area contributed by atoms with Crippen LogP contribution in [0.4, 0.5) is 0 Å². The Labute approximate surface area is 126 Å². The molecule has 0 aliphatic heterocycles. The lowest BCUT2D eigenvalue weighted by atomic mass is 10.2. The van der Waals surface area contributed by atoms with E-state index < -0.39 is 6.10 Å². The van der Waals surface area contributed by atoms with Gasteiger partial charge in [0.2, 0.25) is 0 Å². The van der Waals surface area contributed by atoms with Crippen LogP contribution in [0.3, 0.4) is 0 Å². The van der Waals surface area contributed by atoms with Gasteiger partial charge in [-0.25, -0.2) is 4.98 Å². The van der Waals surface area contributed by atoms with Crippen LogP contribution in [0, 0.1) is 34.0 Å². The Morgan fingerprint density at radius 1 is 1.14 bits per heavy atom. The van der Waals surface area contributed by atoms with Gasteiger partial charge in [-0.1, -0.05) is 0 Å². The summed E-state index contributed by atoms with van der Waals surface area (Å²) in [4.78, 5) is 3.79. The van der Waals surface area contributed by atoms with Crippen molar-refractivity contribution in [2.75, 3.05) is 6.61 Å². The monoisotopic (exact) mass is 293 g/mol. The molecule has 108 valence electrons. The Morgan fingerprint density at radius 3 is 2.45 bits per heavy atom. The Kier molecular flexibility index (Phi) is 4.72. The van der Waals surface area contributed by atoms with Gasteiger partial charge in [0.15, 0.2) is 11.4 Å². The van der Waals surface area contributed by atoms with Crippen LogP contribution in [-0.4, -0.2) is 27.4 Å². The highest BCUT2D eigenvalue weighted by molar-refractivity contribution is 5.36. The van der Waals surface area contributed by atoms with Crippen molar-refractivity contribution in [3.63, 3.8) is 0 Å². The van der Waals surface area contributed by atoms with E-state index in [-0.39, 0.29) is 24.5 Å². The van der Waals surface area contributed by atoms with Crippen LogP contribution in [0.1, 0.15) is 17.0 Å². The molecular weight excluding hydrogens is 282 g/mol. The van der Waals surface area contributed by atoms with Gasteiger partial charge in [0.05, 0.1) is 24.5 Å². The van der Waals surface area contributed by atoms with Crippen molar-refractivity contribution >= 4 is 0 Å². The zero-order valence-electron chi connectivity index (χ0n) is 11.5. The van der Waals surface area contributed by atoms with Gasteiger partial charge in [-0.15, -0.1) is 0 Å². The highest BCUT2D eigenvalue weighted by Crippen LogP contribution is 2.12. The highest BCUT2D eigenvalue weighted by Gasteiger charge is 2.14. The number of ether oxygens (including phenoxy) is 1. The van der Waals surface area contributed by atoms with Crippen molar-refractivity contribution in [2.24, 2.45) is 0 Å². The van der Waals surface area contributed by atoms with Gasteiger partial charge in [-0.2, -0.15) is 15.8 Å². The van der Waals surface area contributed by atoms with Gasteiger partial charge in [-0.05, 0) is 24.3 Å². The van der Waals surface area contributed by atoms with E-state index in [4.69, 9.17) is 20.5 Å². The normalized spacial score (nSPS) is 11.0. The van der Waals surface area contributed by atoms with Crippen LogP contribution in [-0.2, 0) is 6.54 Å². The van der Waals surface area contributed by atoms with Gasteiger partial charge in [0, 0.05) is 0 Å². The molecular formula is C15H11N5O2. The molecule has 1 aromatic carbocycles. The molecule has 0 saturated heterocycles. The van der Waals surface area contributed by atoms with Crippen molar-refractivity contribution < 1.29 is 9.84 Å². The third-order valence-electron chi connectivity index (χ3n) is 2.88. The van der Waals surface area contributed by atoms with Crippen molar-refractivity contribution in [2.45, 2.75) is 12.6 Å². The second-order valence-corrected chi connectivity index (χ2v) is 4.42. The van der Waals surface area contributed by atoms with Crippen LogP contribution in [0.2, 0.25) is 0 Å². The average molecular weight is 293 g/mol.